The maximum Gasteiger partial charge on any atom is 0.416 e. The molecule has 2 rings (SSSR count). The maximum absolute atomic E-state index is 12.6. The number of nitrogens with two attached hydrogens (primary N) is 1. The van der Waals surface area contributed by atoms with E-state index in [0.717, 1.165) is 12.1 Å². The Balaban J connectivity index is 2.19. The van der Waals surface area contributed by atoms with Crippen LogP contribution in [-0.2, 0) is 12.7 Å². The van der Waals surface area contributed by atoms with Crippen molar-refractivity contribution >= 4 is 0 Å². The highest BCUT2D eigenvalue weighted by atomic mass is 19.4. The van der Waals surface area contributed by atoms with Crippen molar-refractivity contribution in [3.05, 3.63) is 70.1 Å². The minimum Gasteiger partial charge on any atom is -0.352 e. The lowest BCUT2D eigenvalue weighted by Crippen LogP contribution is -2.19. The van der Waals surface area contributed by atoms with Gasteiger partial charge < -0.3 is 10.3 Å². The molecule has 1 unspecified atom stereocenters. The molecule has 1 aromatic carbocycles. The molecule has 0 radical (unpaired) electrons. The molecule has 1 atom stereocenters. The number of nitrogens with zero attached hydrogens (tertiary/aromatic N) is 1. The fourth-order valence-corrected chi connectivity index (χ4v) is 1.84. The van der Waals surface area contributed by atoms with Crippen LogP contribution in [-0.4, -0.2) is 4.57 Å². The topological polar surface area (TPSA) is 48.0 Å². The van der Waals surface area contributed by atoms with E-state index in [0.29, 0.717) is 12.1 Å². The van der Waals surface area contributed by atoms with E-state index in [1.165, 1.54) is 18.2 Å². The number of hydrogen-bond donors (Lipinski definition) is 1. The molecule has 2 N–H and O–H groups in total. The molecular formula is C14H13F3N2O. The maximum atomic E-state index is 12.6. The third kappa shape index (κ3) is 3.48. The normalized spacial score (nSPS) is 13.2. The van der Waals surface area contributed by atoms with Crippen LogP contribution in [0.15, 0.2) is 53.6 Å². The summed E-state index contributed by atoms with van der Waals surface area (Å²) >= 11 is 0. The molecule has 0 saturated heterocycles. The Kier molecular flexibility index (Phi) is 3.94. The number of benzene rings is 1. The average Bonchev–Trinajstić information content (AvgIpc) is 2.40. The number of pyridine rings is 1. The lowest BCUT2D eigenvalue weighted by molar-refractivity contribution is -0.137. The highest BCUT2D eigenvalue weighted by molar-refractivity contribution is 5.27. The number of halogens is 3. The summed E-state index contributed by atoms with van der Waals surface area (Å²) in [6, 6.07) is 7.12. The predicted molar refractivity (Wildman–Crippen MR) is 69.1 cm³/mol. The summed E-state index contributed by atoms with van der Waals surface area (Å²) in [5.74, 6) is 0. The van der Waals surface area contributed by atoms with Crippen LogP contribution in [0.5, 0.6) is 0 Å². The van der Waals surface area contributed by atoms with Crippen LogP contribution >= 0.6 is 0 Å². The van der Waals surface area contributed by atoms with Gasteiger partial charge in [-0.25, -0.2) is 0 Å². The lowest BCUT2D eigenvalue weighted by Gasteiger charge is -2.16. The van der Waals surface area contributed by atoms with Crippen molar-refractivity contribution in [2.24, 2.45) is 5.73 Å². The summed E-state index contributed by atoms with van der Waals surface area (Å²) in [4.78, 5) is 11.0. The molecule has 6 heteroatoms. The molecule has 0 aliphatic heterocycles. The van der Waals surface area contributed by atoms with E-state index in [9.17, 15) is 18.0 Å². The number of rotatable bonds is 3. The Labute approximate surface area is 113 Å². The Morgan fingerprint density at radius 2 is 1.80 bits per heavy atom. The average molecular weight is 282 g/mol. The van der Waals surface area contributed by atoms with Gasteiger partial charge in [-0.3, -0.25) is 4.79 Å². The van der Waals surface area contributed by atoms with Crippen LogP contribution in [0.25, 0.3) is 0 Å². The highest BCUT2D eigenvalue weighted by Crippen LogP contribution is 2.30. The zero-order valence-corrected chi connectivity index (χ0v) is 10.5. The molecule has 0 bridgehead atoms. The third-order valence-electron chi connectivity index (χ3n) is 2.91. The first-order valence-corrected chi connectivity index (χ1v) is 5.95. The van der Waals surface area contributed by atoms with Gasteiger partial charge in [0.25, 0.3) is 0 Å². The Morgan fingerprint density at radius 1 is 1.15 bits per heavy atom. The highest BCUT2D eigenvalue weighted by Gasteiger charge is 2.30. The van der Waals surface area contributed by atoms with Crippen LogP contribution in [0.1, 0.15) is 17.2 Å². The first-order valence-electron chi connectivity index (χ1n) is 5.95. The second-order valence-electron chi connectivity index (χ2n) is 4.46. The molecule has 20 heavy (non-hydrogen) atoms. The van der Waals surface area contributed by atoms with Gasteiger partial charge in [0.1, 0.15) is 0 Å². The van der Waals surface area contributed by atoms with Crippen LogP contribution in [0.2, 0.25) is 0 Å². The third-order valence-corrected chi connectivity index (χ3v) is 2.91. The van der Waals surface area contributed by atoms with Crippen molar-refractivity contribution in [3.63, 3.8) is 0 Å². The standard InChI is InChI=1S/C14H13F3N2O/c15-14(16,17)11-3-1-2-10(8-11)13(18)9-19-6-4-12(20)5-7-19/h1-8,13H,9,18H2. The van der Waals surface area contributed by atoms with Crippen LogP contribution in [0, 0.1) is 0 Å². The summed E-state index contributed by atoms with van der Waals surface area (Å²) in [7, 11) is 0. The van der Waals surface area contributed by atoms with E-state index in [-0.39, 0.29) is 5.43 Å². The molecule has 0 aliphatic carbocycles. The fraction of sp³-hybridized carbons (Fsp3) is 0.214. The zero-order valence-electron chi connectivity index (χ0n) is 10.5. The van der Waals surface area contributed by atoms with Gasteiger partial charge in [0.2, 0.25) is 0 Å². The van der Waals surface area contributed by atoms with Gasteiger partial charge in [-0.1, -0.05) is 12.1 Å². The minimum atomic E-state index is -4.38. The second kappa shape index (κ2) is 5.50. The summed E-state index contributed by atoms with van der Waals surface area (Å²) in [5, 5.41) is 0. The van der Waals surface area contributed by atoms with Gasteiger partial charge in [-0.15, -0.1) is 0 Å². The monoisotopic (exact) mass is 282 g/mol. The number of aromatic nitrogens is 1. The van der Waals surface area contributed by atoms with E-state index in [4.69, 9.17) is 5.73 Å². The molecule has 1 aromatic heterocycles. The SMILES string of the molecule is NC(Cn1ccc(=O)cc1)c1cccc(C(F)(F)F)c1. The summed E-state index contributed by atoms with van der Waals surface area (Å²) in [6.45, 7) is 0.293. The van der Waals surface area contributed by atoms with Crippen molar-refractivity contribution in [2.45, 2.75) is 18.8 Å². The molecule has 2 aromatic rings. The van der Waals surface area contributed by atoms with E-state index < -0.39 is 17.8 Å². The summed E-state index contributed by atoms with van der Waals surface area (Å²) < 4.78 is 39.5. The molecule has 0 saturated carbocycles. The smallest absolute Gasteiger partial charge is 0.352 e. The van der Waals surface area contributed by atoms with Crippen molar-refractivity contribution in [2.75, 3.05) is 0 Å². The molecule has 3 nitrogen and oxygen atoms in total. The molecule has 0 amide bonds. The summed E-state index contributed by atoms with van der Waals surface area (Å²) in [5.41, 5.74) is 5.46. The fourth-order valence-electron chi connectivity index (χ4n) is 1.84. The van der Waals surface area contributed by atoms with Gasteiger partial charge in [0.15, 0.2) is 5.43 Å². The molecule has 106 valence electrons. The molecule has 0 fully saturated rings. The number of hydrogen-bond acceptors (Lipinski definition) is 2. The van der Waals surface area contributed by atoms with Crippen LogP contribution in [0.4, 0.5) is 13.2 Å². The summed E-state index contributed by atoms with van der Waals surface area (Å²) in [6.07, 6.45) is -1.28. The van der Waals surface area contributed by atoms with Gasteiger partial charge in [-0.05, 0) is 17.7 Å². The Hall–Kier alpha value is -2.08. The number of alkyl halides is 3. The van der Waals surface area contributed by atoms with E-state index in [2.05, 4.69) is 0 Å². The molecular weight excluding hydrogens is 269 g/mol. The Morgan fingerprint density at radius 3 is 2.40 bits per heavy atom. The van der Waals surface area contributed by atoms with Crippen LogP contribution in [0.3, 0.4) is 0 Å². The second-order valence-corrected chi connectivity index (χ2v) is 4.46. The molecule has 0 spiro atoms. The minimum absolute atomic E-state index is 0.131. The Bertz CT molecular complexity index is 629. The largest absolute Gasteiger partial charge is 0.416 e. The molecule has 1 heterocycles. The van der Waals surface area contributed by atoms with Gasteiger partial charge in [-0.2, -0.15) is 13.2 Å². The van der Waals surface area contributed by atoms with Crippen molar-refractivity contribution < 1.29 is 13.2 Å². The van der Waals surface area contributed by atoms with Crippen molar-refractivity contribution in [1.82, 2.24) is 4.57 Å². The molecule has 0 aliphatic rings. The van der Waals surface area contributed by atoms with E-state index in [1.54, 1.807) is 23.0 Å². The van der Waals surface area contributed by atoms with E-state index >= 15 is 0 Å². The van der Waals surface area contributed by atoms with Crippen molar-refractivity contribution in [3.8, 4) is 0 Å². The first kappa shape index (κ1) is 14.3. The zero-order chi connectivity index (χ0) is 14.8. The van der Waals surface area contributed by atoms with Crippen molar-refractivity contribution in [1.29, 1.82) is 0 Å². The van der Waals surface area contributed by atoms with E-state index in [1.807, 2.05) is 0 Å². The van der Waals surface area contributed by atoms with Gasteiger partial charge >= 0.3 is 6.18 Å². The van der Waals surface area contributed by atoms with Gasteiger partial charge in [0.05, 0.1) is 5.56 Å². The van der Waals surface area contributed by atoms with Crippen LogP contribution < -0.4 is 11.2 Å². The first-order chi connectivity index (χ1) is 9.36. The lowest BCUT2D eigenvalue weighted by atomic mass is 10.0. The van der Waals surface area contributed by atoms with Gasteiger partial charge in [0, 0.05) is 37.1 Å². The predicted octanol–water partition coefficient (Wildman–Crippen LogP) is 2.57. The quantitative estimate of drug-likeness (QED) is 0.940.